The van der Waals surface area contributed by atoms with Crippen LogP contribution in [0.3, 0.4) is 0 Å². The molecule has 2 aliphatic rings. The lowest BCUT2D eigenvalue weighted by Gasteiger charge is -2.35. The highest BCUT2D eigenvalue weighted by Crippen LogP contribution is 2.33. The number of fused-ring (bicyclic) bond motifs is 1. The molecule has 3 amide bonds. The number of carbonyl (C=O) groups excluding carboxylic acids is 4. The number of amides is 3. The first-order valence-electron chi connectivity index (χ1n) is 13.9. The van der Waals surface area contributed by atoms with Crippen molar-refractivity contribution in [3.63, 3.8) is 0 Å². The van der Waals surface area contributed by atoms with E-state index in [2.05, 4.69) is 10.3 Å². The second kappa shape index (κ2) is 12.4. The summed E-state index contributed by atoms with van der Waals surface area (Å²) in [6, 6.07) is 11.2. The highest BCUT2D eigenvalue weighted by molar-refractivity contribution is 7.13. The number of aldehydes is 1. The summed E-state index contributed by atoms with van der Waals surface area (Å²) in [6.07, 6.45) is -0.114. The fraction of sp³-hybridized carbons (Fsp3) is 0.387. The Labute approximate surface area is 248 Å². The van der Waals surface area contributed by atoms with Gasteiger partial charge in [0.2, 0.25) is 11.8 Å². The van der Waals surface area contributed by atoms with Gasteiger partial charge in [-0.1, -0.05) is 44.2 Å². The van der Waals surface area contributed by atoms with Crippen molar-refractivity contribution in [1.29, 1.82) is 0 Å². The quantitative estimate of drug-likeness (QED) is 0.348. The number of nitrogens with one attached hydrogen (secondary N) is 1. The summed E-state index contributed by atoms with van der Waals surface area (Å²) < 4.78 is 5.67. The smallest absolute Gasteiger partial charge is 0.255 e. The minimum absolute atomic E-state index is 0.00567. The van der Waals surface area contributed by atoms with Gasteiger partial charge in [-0.25, -0.2) is 4.98 Å². The van der Waals surface area contributed by atoms with Crippen molar-refractivity contribution in [1.82, 2.24) is 20.1 Å². The molecule has 0 spiro atoms. The lowest BCUT2D eigenvalue weighted by atomic mass is 10.0. The van der Waals surface area contributed by atoms with Crippen LogP contribution in [0.5, 0.6) is 5.75 Å². The van der Waals surface area contributed by atoms with E-state index in [4.69, 9.17) is 4.74 Å². The molecule has 0 saturated carbocycles. The second-order valence-corrected chi connectivity index (χ2v) is 11.8. The third-order valence-electron chi connectivity index (χ3n) is 7.77. The molecule has 2 aromatic carbocycles. The number of aliphatic hydroxyl groups is 1. The van der Waals surface area contributed by atoms with Crippen LogP contribution in [0.2, 0.25) is 0 Å². The average Bonchev–Trinajstić information content (AvgIpc) is 3.67. The zero-order valence-corrected chi connectivity index (χ0v) is 24.6. The number of hydrogen-bond donors (Lipinski definition) is 2. The molecule has 11 heteroatoms. The normalized spacial score (nSPS) is 18.7. The van der Waals surface area contributed by atoms with Gasteiger partial charge in [-0.2, -0.15) is 0 Å². The number of thiazole rings is 1. The number of β-amino-alcohol motifs (C(OH)–C–C–N with tert-alkyl or cyclic N) is 1. The number of ether oxygens (including phenoxy) is 1. The molecule has 0 unspecified atom stereocenters. The van der Waals surface area contributed by atoms with Gasteiger partial charge >= 0.3 is 0 Å². The standard InChI is InChI=1S/C31H34N4O6S/c1-18(2)27(35-15-22-6-4-5-7-24(22)30(35)39)31(40)34-16-23(37)13-25(34)29(38)32-14-21-9-8-20(12-26(21)41-11-10-36)28-19(3)33-17-42-28/h4-10,12,17-18,23,25,27,37H,11,13-16H2,1-3H3,(H,32,38)/t23-,25+,27+/m1/s1. The molecule has 42 heavy (non-hydrogen) atoms. The zero-order valence-electron chi connectivity index (χ0n) is 23.8. The summed E-state index contributed by atoms with van der Waals surface area (Å²) >= 11 is 1.50. The Morgan fingerprint density at radius 2 is 2.02 bits per heavy atom. The molecular weight excluding hydrogens is 556 g/mol. The maximum atomic E-state index is 13.9. The largest absolute Gasteiger partial charge is 0.486 e. The molecule has 3 atom stereocenters. The highest BCUT2D eigenvalue weighted by Gasteiger charge is 2.45. The first-order valence-corrected chi connectivity index (χ1v) is 14.8. The number of rotatable bonds is 10. The Balaban J connectivity index is 1.32. The van der Waals surface area contributed by atoms with Gasteiger partial charge in [0.15, 0.2) is 6.29 Å². The van der Waals surface area contributed by atoms with Gasteiger partial charge in [0.1, 0.15) is 24.4 Å². The number of likely N-dealkylation sites (tertiary alicyclic amines) is 1. The van der Waals surface area contributed by atoms with E-state index >= 15 is 0 Å². The Morgan fingerprint density at radius 1 is 1.24 bits per heavy atom. The Hall–Kier alpha value is -4.09. The zero-order chi connectivity index (χ0) is 30.0. The number of aromatic nitrogens is 1. The van der Waals surface area contributed by atoms with Gasteiger partial charge in [-0.05, 0) is 36.1 Å². The Morgan fingerprint density at radius 3 is 2.71 bits per heavy atom. The summed E-state index contributed by atoms with van der Waals surface area (Å²) in [7, 11) is 0. The average molecular weight is 591 g/mol. The van der Waals surface area contributed by atoms with E-state index in [-0.39, 0.29) is 43.8 Å². The van der Waals surface area contributed by atoms with E-state index in [1.807, 2.05) is 51.1 Å². The van der Waals surface area contributed by atoms with E-state index in [0.717, 1.165) is 21.7 Å². The summed E-state index contributed by atoms with van der Waals surface area (Å²) in [5, 5.41) is 13.4. The molecule has 3 aromatic rings. The van der Waals surface area contributed by atoms with Crippen LogP contribution in [-0.2, 0) is 27.5 Å². The molecular formula is C31H34N4O6S. The second-order valence-electron chi connectivity index (χ2n) is 11.0. The molecule has 0 bridgehead atoms. The first-order chi connectivity index (χ1) is 20.2. The molecule has 1 fully saturated rings. The number of benzene rings is 2. The number of aryl methyl sites for hydroxylation is 1. The van der Waals surface area contributed by atoms with Crippen molar-refractivity contribution in [2.45, 2.75) is 58.5 Å². The molecule has 0 radical (unpaired) electrons. The predicted octanol–water partition coefficient (Wildman–Crippen LogP) is 2.95. The molecule has 2 N–H and O–H groups in total. The van der Waals surface area contributed by atoms with Crippen molar-refractivity contribution < 1.29 is 29.0 Å². The number of aliphatic hydroxyl groups excluding tert-OH is 1. The third kappa shape index (κ3) is 5.79. The summed E-state index contributed by atoms with van der Waals surface area (Å²) in [5.41, 5.74) is 5.63. The van der Waals surface area contributed by atoms with Gasteiger partial charge in [0, 0.05) is 37.2 Å². The maximum absolute atomic E-state index is 13.9. The van der Waals surface area contributed by atoms with Crippen molar-refractivity contribution >= 4 is 35.3 Å². The molecule has 10 nitrogen and oxygen atoms in total. The number of nitrogens with zero attached hydrogens (tertiary/aromatic N) is 3. The van der Waals surface area contributed by atoms with Crippen molar-refractivity contribution in [2.75, 3.05) is 13.2 Å². The van der Waals surface area contributed by atoms with Gasteiger partial charge in [-0.15, -0.1) is 11.3 Å². The van der Waals surface area contributed by atoms with E-state index in [0.29, 0.717) is 29.7 Å². The van der Waals surface area contributed by atoms with E-state index < -0.39 is 24.1 Å². The monoisotopic (exact) mass is 590 g/mol. The topological polar surface area (TPSA) is 129 Å². The molecule has 220 valence electrons. The first kappa shape index (κ1) is 29.4. The van der Waals surface area contributed by atoms with Gasteiger partial charge in [0.05, 0.1) is 22.2 Å². The molecule has 2 aliphatic heterocycles. The molecule has 3 heterocycles. The lowest BCUT2D eigenvalue weighted by Crippen LogP contribution is -2.55. The van der Waals surface area contributed by atoms with Crippen LogP contribution >= 0.6 is 11.3 Å². The SMILES string of the molecule is Cc1ncsc1-c1ccc(CNC(=O)[C@@H]2C[C@@H](O)CN2C(=O)[C@H](C(C)C)N2Cc3ccccc3C2=O)c(OCC=O)c1. The predicted molar refractivity (Wildman–Crippen MR) is 157 cm³/mol. The van der Waals surface area contributed by atoms with Crippen LogP contribution < -0.4 is 10.1 Å². The number of carbonyl (C=O) groups is 4. The molecule has 5 rings (SSSR count). The van der Waals surface area contributed by atoms with E-state index in [1.54, 1.807) is 22.5 Å². The Bertz CT molecular complexity index is 1500. The van der Waals surface area contributed by atoms with Crippen LogP contribution in [0.25, 0.3) is 10.4 Å². The van der Waals surface area contributed by atoms with Crippen molar-refractivity contribution in [3.05, 3.63) is 70.4 Å². The van der Waals surface area contributed by atoms with E-state index in [1.165, 1.54) is 16.2 Å². The van der Waals surface area contributed by atoms with Crippen LogP contribution in [0, 0.1) is 12.8 Å². The minimum atomic E-state index is -0.896. The van der Waals surface area contributed by atoms with Crippen molar-refractivity contribution in [3.8, 4) is 16.2 Å². The van der Waals surface area contributed by atoms with Crippen LogP contribution in [0.1, 0.15) is 47.4 Å². The van der Waals surface area contributed by atoms with Gasteiger partial charge < -0.3 is 25.0 Å². The molecule has 0 aliphatic carbocycles. The Kier molecular flexibility index (Phi) is 8.69. The fourth-order valence-corrected chi connectivity index (χ4v) is 6.54. The van der Waals surface area contributed by atoms with Gasteiger partial charge in [0.25, 0.3) is 5.91 Å². The van der Waals surface area contributed by atoms with Gasteiger partial charge in [-0.3, -0.25) is 19.2 Å². The van der Waals surface area contributed by atoms with Crippen LogP contribution in [0.15, 0.2) is 48.0 Å². The highest BCUT2D eigenvalue weighted by atomic mass is 32.1. The fourth-order valence-electron chi connectivity index (χ4n) is 5.73. The summed E-state index contributed by atoms with van der Waals surface area (Å²) in [6.45, 7) is 5.94. The van der Waals surface area contributed by atoms with Crippen LogP contribution in [0.4, 0.5) is 0 Å². The maximum Gasteiger partial charge on any atom is 0.255 e. The lowest BCUT2D eigenvalue weighted by molar-refractivity contribution is -0.143. The third-order valence-corrected chi connectivity index (χ3v) is 8.75. The molecule has 1 saturated heterocycles. The molecule has 1 aromatic heterocycles. The number of hydrogen-bond acceptors (Lipinski definition) is 8. The van der Waals surface area contributed by atoms with Crippen molar-refractivity contribution in [2.24, 2.45) is 5.92 Å². The van der Waals surface area contributed by atoms with E-state index in [9.17, 15) is 24.3 Å². The summed E-state index contributed by atoms with van der Waals surface area (Å²) in [4.78, 5) is 59.9. The summed E-state index contributed by atoms with van der Waals surface area (Å²) in [5.74, 6) is -0.739. The minimum Gasteiger partial charge on any atom is -0.486 e. The van der Waals surface area contributed by atoms with Crippen LogP contribution in [-0.4, -0.2) is 75.2 Å².